The lowest BCUT2D eigenvalue weighted by Gasteiger charge is -2.21. The molecule has 3 heteroatoms. The fraction of sp³-hybridized carbons (Fsp3) is 0.294. The molecule has 0 aromatic heterocycles. The van der Waals surface area contributed by atoms with Crippen molar-refractivity contribution in [3.8, 4) is 5.75 Å². The predicted octanol–water partition coefficient (Wildman–Crippen LogP) is 4.38. The maximum atomic E-state index is 5.33. The highest BCUT2D eigenvalue weighted by molar-refractivity contribution is 9.10. The molecule has 0 aliphatic heterocycles. The molecule has 0 saturated carbocycles. The Balaban J connectivity index is 2.46. The highest BCUT2D eigenvalue weighted by atomic mass is 79.9. The van der Waals surface area contributed by atoms with Gasteiger partial charge in [0, 0.05) is 4.47 Å². The van der Waals surface area contributed by atoms with E-state index in [2.05, 4.69) is 65.4 Å². The van der Waals surface area contributed by atoms with Gasteiger partial charge in [0.15, 0.2) is 0 Å². The van der Waals surface area contributed by atoms with Crippen molar-refractivity contribution in [2.75, 3.05) is 14.2 Å². The number of benzene rings is 2. The van der Waals surface area contributed by atoms with Crippen LogP contribution in [0.1, 0.15) is 28.3 Å². The van der Waals surface area contributed by atoms with Crippen LogP contribution in [0.3, 0.4) is 0 Å². The number of hydrogen-bond donors (Lipinski definition) is 1. The van der Waals surface area contributed by atoms with Crippen LogP contribution in [0.15, 0.2) is 40.9 Å². The second-order valence-corrected chi connectivity index (χ2v) is 5.87. The van der Waals surface area contributed by atoms with E-state index in [1.54, 1.807) is 7.11 Å². The van der Waals surface area contributed by atoms with Crippen LogP contribution in [-0.4, -0.2) is 14.2 Å². The van der Waals surface area contributed by atoms with E-state index in [1.807, 2.05) is 13.1 Å². The summed E-state index contributed by atoms with van der Waals surface area (Å²) in [4.78, 5) is 0. The smallest absolute Gasteiger partial charge is 0.121 e. The minimum Gasteiger partial charge on any atom is -0.496 e. The molecule has 2 rings (SSSR count). The monoisotopic (exact) mass is 333 g/mol. The third-order valence-corrected chi connectivity index (χ3v) is 4.09. The van der Waals surface area contributed by atoms with E-state index in [4.69, 9.17) is 4.74 Å². The van der Waals surface area contributed by atoms with Crippen molar-refractivity contribution in [3.05, 3.63) is 63.1 Å². The molecule has 1 N–H and O–H groups in total. The molecule has 2 nitrogen and oxygen atoms in total. The average Bonchev–Trinajstić information content (AvgIpc) is 2.44. The first-order valence-electron chi connectivity index (χ1n) is 6.64. The van der Waals surface area contributed by atoms with Gasteiger partial charge >= 0.3 is 0 Å². The number of aryl methyl sites for hydroxylation is 2. The van der Waals surface area contributed by atoms with Gasteiger partial charge in [0.1, 0.15) is 5.75 Å². The first-order valence-corrected chi connectivity index (χ1v) is 7.44. The zero-order chi connectivity index (χ0) is 14.7. The Kier molecular flexibility index (Phi) is 4.84. The zero-order valence-electron chi connectivity index (χ0n) is 12.3. The predicted molar refractivity (Wildman–Crippen MR) is 87.5 cm³/mol. The van der Waals surface area contributed by atoms with E-state index in [-0.39, 0.29) is 6.04 Å². The van der Waals surface area contributed by atoms with Gasteiger partial charge in [-0.1, -0.05) is 34.1 Å². The fourth-order valence-electron chi connectivity index (χ4n) is 2.51. The summed E-state index contributed by atoms with van der Waals surface area (Å²) in [5, 5.41) is 3.41. The summed E-state index contributed by atoms with van der Waals surface area (Å²) in [5.41, 5.74) is 4.96. The Morgan fingerprint density at radius 1 is 1.05 bits per heavy atom. The van der Waals surface area contributed by atoms with Gasteiger partial charge in [-0.2, -0.15) is 0 Å². The first-order chi connectivity index (χ1) is 9.56. The maximum Gasteiger partial charge on any atom is 0.121 e. The van der Waals surface area contributed by atoms with Crippen LogP contribution in [0.4, 0.5) is 0 Å². The SMILES string of the molecule is CNC(c1ccc(OC)c(C)c1)c1cc(Br)ccc1C. The summed E-state index contributed by atoms with van der Waals surface area (Å²) in [5.74, 6) is 0.926. The van der Waals surface area contributed by atoms with Crippen molar-refractivity contribution in [1.29, 1.82) is 0 Å². The summed E-state index contributed by atoms with van der Waals surface area (Å²) < 4.78 is 6.43. The van der Waals surface area contributed by atoms with E-state index >= 15 is 0 Å². The normalized spacial score (nSPS) is 12.2. The molecule has 0 amide bonds. The Hall–Kier alpha value is -1.32. The molecule has 2 aromatic rings. The number of methoxy groups -OCH3 is 1. The van der Waals surface area contributed by atoms with Crippen LogP contribution in [0.2, 0.25) is 0 Å². The van der Waals surface area contributed by atoms with Crippen molar-refractivity contribution in [3.63, 3.8) is 0 Å². The number of rotatable bonds is 4. The number of hydrogen-bond acceptors (Lipinski definition) is 2. The zero-order valence-corrected chi connectivity index (χ0v) is 13.9. The van der Waals surface area contributed by atoms with Crippen LogP contribution < -0.4 is 10.1 Å². The minimum absolute atomic E-state index is 0.178. The van der Waals surface area contributed by atoms with E-state index in [9.17, 15) is 0 Å². The second kappa shape index (κ2) is 6.42. The van der Waals surface area contributed by atoms with Gasteiger partial charge in [-0.15, -0.1) is 0 Å². The lowest BCUT2D eigenvalue weighted by molar-refractivity contribution is 0.411. The first kappa shape index (κ1) is 15.1. The van der Waals surface area contributed by atoms with Gasteiger partial charge in [0.2, 0.25) is 0 Å². The van der Waals surface area contributed by atoms with Gasteiger partial charge in [-0.05, 0) is 61.3 Å². The number of nitrogens with one attached hydrogen (secondary N) is 1. The van der Waals surface area contributed by atoms with E-state index in [0.717, 1.165) is 15.8 Å². The Morgan fingerprint density at radius 3 is 2.40 bits per heavy atom. The molecule has 0 fully saturated rings. The van der Waals surface area contributed by atoms with Gasteiger partial charge in [-0.3, -0.25) is 0 Å². The van der Waals surface area contributed by atoms with E-state index in [1.165, 1.54) is 16.7 Å². The number of halogens is 1. The summed E-state index contributed by atoms with van der Waals surface area (Å²) in [6, 6.07) is 12.9. The van der Waals surface area contributed by atoms with Crippen molar-refractivity contribution in [2.24, 2.45) is 0 Å². The topological polar surface area (TPSA) is 21.3 Å². The van der Waals surface area contributed by atoms with Crippen LogP contribution in [0.25, 0.3) is 0 Å². The molecule has 0 bridgehead atoms. The molecule has 0 radical (unpaired) electrons. The lowest BCUT2D eigenvalue weighted by atomic mass is 9.94. The third kappa shape index (κ3) is 3.05. The van der Waals surface area contributed by atoms with E-state index < -0.39 is 0 Å². The van der Waals surface area contributed by atoms with Crippen LogP contribution in [0.5, 0.6) is 5.75 Å². The molecular formula is C17H20BrNO. The summed E-state index contributed by atoms with van der Waals surface area (Å²) in [6.45, 7) is 4.21. The largest absolute Gasteiger partial charge is 0.496 e. The lowest BCUT2D eigenvalue weighted by Crippen LogP contribution is -2.18. The van der Waals surface area contributed by atoms with Gasteiger partial charge in [0.25, 0.3) is 0 Å². The van der Waals surface area contributed by atoms with Crippen LogP contribution in [0, 0.1) is 13.8 Å². The Morgan fingerprint density at radius 2 is 1.80 bits per heavy atom. The molecule has 0 heterocycles. The van der Waals surface area contributed by atoms with Crippen LogP contribution in [-0.2, 0) is 0 Å². The quantitative estimate of drug-likeness (QED) is 0.896. The highest BCUT2D eigenvalue weighted by Crippen LogP contribution is 2.30. The Labute approximate surface area is 129 Å². The standard InChI is InChI=1S/C17H20BrNO/c1-11-5-7-14(18)10-15(11)17(19-3)13-6-8-16(20-4)12(2)9-13/h5-10,17,19H,1-4H3. The molecule has 0 spiro atoms. The molecule has 0 saturated heterocycles. The van der Waals surface area contributed by atoms with Gasteiger partial charge in [0.05, 0.1) is 13.2 Å². The molecule has 0 aliphatic carbocycles. The minimum atomic E-state index is 0.178. The average molecular weight is 334 g/mol. The molecule has 20 heavy (non-hydrogen) atoms. The van der Waals surface area contributed by atoms with Crippen molar-refractivity contribution in [1.82, 2.24) is 5.32 Å². The highest BCUT2D eigenvalue weighted by Gasteiger charge is 2.15. The Bertz CT molecular complexity index is 610. The van der Waals surface area contributed by atoms with Crippen LogP contribution >= 0.6 is 15.9 Å². The molecule has 106 valence electrons. The van der Waals surface area contributed by atoms with Gasteiger partial charge in [-0.25, -0.2) is 0 Å². The second-order valence-electron chi connectivity index (χ2n) is 4.95. The van der Waals surface area contributed by atoms with Gasteiger partial charge < -0.3 is 10.1 Å². The van der Waals surface area contributed by atoms with Crippen molar-refractivity contribution >= 4 is 15.9 Å². The third-order valence-electron chi connectivity index (χ3n) is 3.59. The number of ether oxygens (including phenoxy) is 1. The van der Waals surface area contributed by atoms with Crippen molar-refractivity contribution in [2.45, 2.75) is 19.9 Å². The van der Waals surface area contributed by atoms with E-state index in [0.29, 0.717) is 0 Å². The molecule has 0 aliphatic rings. The molecular weight excluding hydrogens is 314 g/mol. The van der Waals surface area contributed by atoms with Crippen molar-refractivity contribution < 1.29 is 4.74 Å². The molecule has 2 aromatic carbocycles. The molecule has 1 atom stereocenters. The molecule has 1 unspecified atom stereocenters. The maximum absolute atomic E-state index is 5.33. The summed E-state index contributed by atoms with van der Waals surface area (Å²) in [6.07, 6.45) is 0. The fourth-order valence-corrected chi connectivity index (χ4v) is 2.88. The summed E-state index contributed by atoms with van der Waals surface area (Å²) in [7, 11) is 3.70. The summed E-state index contributed by atoms with van der Waals surface area (Å²) >= 11 is 3.56.